The number of carbonyl (C=O) groups excluding carboxylic acids is 3. The number of hydroxylamine groups is 2. The Bertz CT molecular complexity index is 715. The molecule has 3 rings (SSSR count). The molecule has 0 fully saturated rings. The summed E-state index contributed by atoms with van der Waals surface area (Å²) in [6, 6.07) is 8.25. The minimum absolute atomic E-state index is 0.0336. The van der Waals surface area contributed by atoms with E-state index in [9.17, 15) is 14.4 Å². The van der Waals surface area contributed by atoms with Gasteiger partial charge in [0.2, 0.25) is 0 Å². The molecule has 2 heterocycles. The van der Waals surface area contributed by atoms with Gasteiger partial charge in [0.05, 0.1) is 17.5 Å². The summed E-state index contributed by atoms with van der Waals surface area (Å²) in [7, 11) is 0. The Morgan fingerprint density at radius 2 is 1.81 bits per heavy atom. The number of hydrogen-bond donors (Lipinski definition) is 0. The molecule has 0 radical (unpaired) electrons. The number of fused-ring (bicyclic) bond motifs is 1. The molecule has 2 amide bonds. The van der Waals surface area contributed by atoms with Crippen LogP contribution in [0.25, 0.3) is 0 Å². The fourth-order valence-electron chi connectivity index (χ4n) is 2.11. The minimum atomic E-state index is -0.633. The van der Waals surface area contributed by atoms with Gasteiger partial charge in [0.25, 0.3) is 11.8 Å². The summed E-state index contributed by atoms with van der Waals surface area (Å²) in [5.41, 5.74) is 1.56. The molecular formula is C15H11NO4S. The Labute approximate surface area is 124 Å². The van der Waals surface area contributed by atoms with Gasteiger partial charge in [0.15, 0.2) is 0 Å². The Morgan fingerprint density at radius 3 is 2.33 bits per heavy atom. The summed E-state index contributed by atoms with van der Waals surface area (Å²) in [6.45, 7) is 1.93. The molecule has 0 saturated heterocycles. The van der Waals surface area contributed by atoms with Crippen molar-refractivity contribution in [3.63, 3.8) is 0 Å². The van der Waals surface area contributed by atoms with Crippen LogP contribution in [0.2, 0.25) is 0 Å². The van der Waals surface area contributed by atoms with Crippen LogP contribution >= 0.6 is 11.3 Å². The highest BCUT2D eigenvalue weighted by Gasteiger charge is 2.38. The van der Waals surface area contributed by atoms with Gasteiger partial charge in [-0.15, -0.1) is 11.3 Å². The minimum Gasteiger partial charge on any atom is -0.329 e. The molecular weight excluding hydrogens is 290 g/mol. The van der Waals surface area contributed by atoms with Crippen LogP contribution in [0.1, 0.15) is 31.2 Å². The van der Waals surface area contributed by atoms with E-state index in [0.717, 1.165) is 10.4 Å². The van der Waals surface area contributed by atoms with Crippen LogP contribution < -0.4 is 0 Å². The fraction of sp³-hybridized carbons (Fsp3) is 0.133. The average Bonchev–Trinajstić information content (AvgIpc) is 2.97. The normalized spacial score (nSPS) is 13.5. The molecule has 1 aliphatic heterocycles. The number of amides is 2. The zero-order valence-electron chi connectivity index (χ0n) is 11.2. The fourth-order valence-corrected chi connectivity index (χ4v) is 2.97. The maximum atomic E-state index is 12.0. The highest BCUT2D eigenvalue weighted by atomic mass is 32.1. The average molecular weight is 301 g/mol. The molecule has 0 bridgehead atoms. The summed E-state index contributed by atoms with van der Waals surface area (Å²) in [5, 5.41) is 2.46. The van der Waals surface area contributed by atoms with Gasteiger partial charge in [0, 0.05) is 4.88 Å². The monoisotopic (exact) mass is 301 g/mol. The third-order valence-electron chi connectivity index (χ3n) is 3.05. The summed E-state index contributed by atoms with van der Waals surface area (Å²) < 4.78 is 0. The first-order chi connectivity index (χ1) is 10.1. The van der Waals surface area contributed by atoms with Crippen LogP contribution in [0.15, 0.2) is 35.7 Å². The Balaban J connectivity index is 1.73. The van der Waals surface area contributed by atoms with E-state index in [1.54, 1.807) is 12.1 Å². The van der Waals surface area contributed by atoms with Crippen molar-refractivity contribution >= 4 is 29.1 Å². The van der Waals surface area contributed by atoms with Gasteiger partial charge in [0.1, 0.15) is 0 Å². The second-order valence-electron chi connectivity index (χ2n) is 4.68. The van der Waals surface area contributed by atoms with Gasteiger partial charge in [-0.05, 0) is 36.1 Å². The van der Waals surface area contributed by atoms with Gasteiger partial charge in [-0.2, -0.15) is 0 Å². The van der Waals surface area contributed by atoms with Gasteiger partial charge >= 0.3 is 5.97 Å². The smallest absolute Gasteiger partial charge is 0.329 e. The molecule has 0 aliphatic carbocycles. The van der Waals surface area contributed by atoms with Crippen molar-refractivity contribution < 1.29 is 19.2 Å². The van der Waals surface area contributed by atoms with Crippen molar-refractivity contribution in [2.75, 3.05) is 0 Å². The van der Waals surface area contributed by atoms with E-state index < -0.39 is 17.8 Å². The molecule has 0 unspecified atom stereocenters. The third kappa shape index (κ3) is 2.45. The van der Waals surface area contributed by atoms with Crippen molar-refractivity contribution in [3.05, 3.63) is 57.3 Å². The summed E-state index contributed by atoms with van der Waals surface area (Å²) in [5.74, 6) is -1.84. The number of imide groups is 1. The summed E-state index contributed by atoms with van der Waals surface area (Å²) in [4.78, 5) is 41.7. The van der Waals surface area contributed by atoms with E-state index in [1.807, 2.05) is 18.4 Å². The standard InChI is InChI=1S/C15H11NO4S/c1-9-6-10(21-8-9)7-13(17)20-16-14(18)11-4-2-3-5-12(11)15(16)19/h2-6,8H,7H2,1H3. The van der Waals surface area contributed by atoms with Crippen LogP contribution in [0.3, 0.4) is 0 Å². The number of nitrogens with zero attached hydrogens (tertiary/aromatic N) is 1. The maximum Gasteiger partial charge on any atom is 0.338 e. The van der Waals surface area contributed by atoms with Crippen LogP contribution in [0.4, 0.5) is 0 Å². The molecule has 1 aromatic heterocycles. The van der Waals surface area contributed by atoms with Gasteiger partial charge in [-0.1, -0.05) is 17.2 Å². The highest BCUT2D eigenvalue weighted by molar-refractivity contribution is 7.10. The van der Waals surface area contributed by atoms with Crippen molar-refractivity contribution in [1.82, 2.24) is 5.06 Å². The van der Waals surface area contributed by atoms with Crippen LogP contribution in [0.5, 0.6) is 0 Å². The van der Waals surface area contributed by atoms with E-state index in [1.165, 1.54) is 23.5 Å². The van der Waals surface area contributed by atoms with E-state index in [2.05, 4.69) is 0 Å². The summed E-state index contributed by atoms with van der Waals surface area (Å²) >= 11 is 1.44. The molecule has 0 atom stereocenters. The number of thiophene rings is 1. The van der Waals surface area contributed by atoms with Crippen LogP contribution in [-0.2, 0) is 16.1 Å². The van der Waals surface area contributed by atoms with Crippen molar-refractivity contribution in [3.8, 4) is 0 Å². The molecule has 0 saturated carbocycles. The predicted octanol–water partition coefficient (Wildman–Crippen LogP) is 2.35. The van der Waals surface area contributed by atoms with Gasteiger partial charge in [-0.3, -0.25) is 9.59 Å². The van der Waals surface area contributed by atoms with Gasteiger partial charge in [-0.25, -0.2) is 4.79 Å². The van der Waals surface area contributed by atoms with Crippen molar-refractivity contribution in [2.45, 2.75) is 13.3 Å². The number of carbonyl (C=O) groups is 3. The highest BCUT2D eigenvalue weighted by Crippen LogP contribution is 2.23. The SMILES string of the molecule is Cc1csc(CC(=O)ON2C(=O)c3ccccc3C2=O)c1. The number of rotatable bonds is 3. The van der Waals surface area contributed by atoms with Crippen molar-refractivity contribution in [2.24, 2.45) is 0 Å². The first-order valence-corrected chi connectivity index (χ1v) is 7.17. The number of aryl methyl sites for hydroxylation is 1. The van der Waals surface area contributed by atoms with E-state index in [-0.39, 0.29) is 17.5 Å². The Morgan fingerprint density at radius 1 is 1.19 bits per heavy atom. The molecule has 2 aromatic rings. The first kappa shape index (κ1) is 13.5. The van der Waals surface area contributed by atoms with Gasteiger partial charge < -0.3 is 4.84 Å². The zero-order chi connectivity index (χ0) is 15.0. The van der Waals surface area contributed by atoms with E-state index in [4.69, 9.17) is 4.84 Å². The molecule has 1 aliphatic rings. The molecule has 0 N–H and O–H groups in total. The number of hydrogen-bond acceptors (Lipinski definition) is 5. The lowest BCUT2D eigenvalue weighted by Gasteiger charge is -2.12. The van der Waals surface area contributed by atoms with E-state index in [0.29, 0.717) is 5.06 Å². The lowest BCUT2D eigenvalue weighted by atomic mass is 10.1. The molecule has 1 aromatic carbocycles. The largest absolute Gasteiger partial charge is 0.338 e. The van der Waals surface area contributed by atoms with Crippen LogP contribution in [0, 0.1) is 6.92 Å². The topological polar surface area (TPSA) is 63.7 Å². The van der Waals surface area contributed by atoms with E-state index >= 15 is 0 Å². The molecule has 5 nitrogen and oxygen atoms in total. The summed E-state index contributed by atoms with van der Waals surface area (Å²) in [6.07, 6.45) is 0.0336. The lowest BCUT2D eigenvalue weighted by Crippen LogP contribution is -2.33. The lowest BCUT2D eigenvalue weighted by molar-refractivity contribution is -0.167. The quantitative estimate of drug-likeness (QED) is 0.816. The second kappa shape index (κ2) is 5.14. The second-order valence-corrected chi connectivity index (χ2v) is 5.68. The Kier molecular flexibility index (Phi) is 3.31. The molecule has 21 heavy (non-hydrogen) atoms. The van der Waals surface area contributed by atoms with Crippen molar-refractivity contribution in [1.29, 1.82) is 0 Å². The first-order valence-electron chi connectivity index (χ1n) is 6.29. The molecule has 6 heteroatoms. The third-order valence-corrected chi connectivity index (χ3v) is 4.11. The predicted molar refractivity (Wildman–Crippen MR) is 75.8 cm³/mol. The number of benzene rings is 1. The molecule has 0 spiro atoms. The van der Waals surface area contributed by atoms with Crippen LogP contribution in [-0.4, -0.2) is 22.8 Å². The molecule has 106 valence electrons. The Hall–Kier alpha value is -2.47. The maximum absolute atomic E-state index is 12.0. The zero-order valence-corrected chi connectivity index (χ0v) is 12.0.